The lowest BCUT2D eigenvalue weighted by molar-refractivity contribution is 0.405. The van der Waals surface area contributed by atoms with Crippen LogP contribution in [0.4, 0.5) is 5.69 Å². The molecule has 3 rings (SSSR count). The minimum atomic E-state index is 0. The van der Waals surface area contributed by atoms with Crippen LogP contribution in [-0.4, -0.2) is 37.7 Å². The number of thioether (sulfide) groups is 1. The smallest absolute Gasteiger partial charge is 0.164 e. The molecule has 5 nitrogen and oxygen atoms in total. The Bertz CT molecular complexity index is 997. The minimum absolute atomic E-state index is 0. The van der Waals surface area contributed by atoms with Gasteiger partial charge in [0.25, 0.3) is 0 Å². The third-order valence-electron chi connectivity index (χ3n) is 4.89. The van der Waals surface area contributed by atoms with Crippen molar-refractivity contribution >= 4 is 58.2 Å². The first kappa shape index (κ1) is 27.1. The molecule has 8 heteroatoms. The molecule has 0 bridgehead atoms. The quantitative estimate of drug-likeness (QED) is 0.158. The molecule has 0 radical (unpaired) electrons. The summed E-state index contributed by atoms with van der Waals surface area (Å²) >= 11 is 8.00. The van der Waals surface area contributed by atoms with E-state index < -0.39 is 0 Å². The molecule has 3 aromatic rings. The molecule has 0 amide bonds. The Morgan fingerprint density at radius 2 is 1.24 bits per heavy atom. The molecule has 0 aliphatic rings. The number of rotatable bonds is 8. The standard InChI is InChI=1S/C25H27ClN2O3S.HI/c1-29-20-9-5-18(6-10-20)16-28(17-19-7-11-21(30-2)12-8-19)25(32-4)27-24-15-22(31-3)13-14-23(24)26;/h5-15H,16-17H2,1-4H3;1H. The lowest BCUT2D eigenvalue weighted by atomic mass is 10.1. The van der Waals surface area contributed by atoms with Crippen LogP contribution in [0.5, 0.6) is 17.2 Å². The number of hydrogen-bond donors (Lipinski definition) is 0. The van der Waals surface area contributed by atoms with Gasteiger partial charge in [-0.05, 0) is 53.8 Å². The summed E-state index contributed by atoms with van der Waals surface area (Å²) in [5.41, 5.74) is 2.97. The predicted molar refractivity (Wildman–Crippen MR) is 149 cm³/mol. The van der Waals surface area contributed by atoms with Crippen molar-refractivity contribution in [3.8, 4) is 17.2 Å². The Morgan fingerprint density at radius 3 is 1.67 bits per heavy atom. The van der Waals surface area contributed by atoms with Crippen molar-refractivity contribution in [2.45, 2.75) is 13.1 Å². The molecule has 0 unspecified atom stereocenters. The number of aliphatic imine (C=N–C) groups is 1. The van der Waals surface area contributed by atoms with Gasteiger partial charge in [-0.2, -0.15) is 0 Å². The Hall–Kier alpha value is -2.10. The van der Waals surface area contributed by atoms with E-state index in [1.807, 2.05) is 42.7 Å². The molecule has 0 heterocycles. The molecular formula is C25H28ClIN2O3S. The number of methoxy groups -OCH3 is 3. The van der Waals surface area contributed by atoms with Crippen molar-refractivity contribution in [1.29, 1.82) is 0 Å². The maximum atomic E-state index is 6.43. The summed E-state index contributed by atoms with van der Waals surface area (Å²) in [6.07, 6.45) is 2.02. The van der Waals surface area contributed by atoms with Crippen molar-refractivity contribution in [2.24, 2.45) is 4.99 Å². The van der Waals surface area contributed by atoms with E-state index in [1.165, 1.54) is 0 Å². The zero-order valence-corrected chi connectivity index (χ0v) is 23.0. The van der Waals surface area contributed by atoms with Crippen molar-refractivity contribution in [3.63, 3.8) is 0 Å². The second-order valence-corrected chi connectivity index (χ2v) is 8.15. The van der Waals surface area contributed by atoms with Gasteiger partial charge in [0.05, 0.1) is 32.0 Å². The van der Waals surface area contributed by atoms with Crippen molar-refractivity contribution < 1.29 is 14.2 Å². The van der Waals surface area contributed by atoms with Crippen LogP contribution in [0.3, 0.4) is 0 Å². The van der Waals surface area contributed by atoms with Crippen molar-refractivity contribution in [2.75, 3.05) is 27.6 Å². The molecular weight excluding hydrogens is 571 g/mol. The van der Waals surface area contributed by atoms with Gasteiger partial charge < -0.3 is 19.1 Å². The fourth-order valence-electron chi connectivity index (χ4n) is 3.15. The third-order valence-corrected chi connectivity index (χ3v) is 5.92. The Balaban J connectivity index is 0.00000385. The topological polar surface area (TPSA) is 43.3 Å². The number of hydrogen-bond acceptors (Lipinski definition) is 5. The van der Waals surface area contributed by atoms with E-state index in [4.69, 9.17) is 30.8 Å². The van der Waals surface area contributed by atoms with Crippen molar-refractivity contribution in [3.05, 3.63) is 82.9 Å². The molecule has 0 aliphatic heterocycles. The number of amidine groups is 1. The van der Waals surface area contributed by atoms with E-state index >= 15 is 0 Å². The van der Waals surface area contributed by atoms with Gasteiger partial charge in [0.1, 0.15) is 17.2 Å². The summed E-state index contributed by atoms with van der Waals surface area (Å²) < 4.78 is 15.9. The summed E-state index contributed by atoms with van der Waals surface area (Å²) in [5, 5.41) is 1.43. The molecule has 176 valence electrons. The van der Waals surface area contributed by atoms with Gasteiger partial charge in [-0.25, -0.2) is 4.99 Å². The van der Waals surface area contributed by atoms with Crippen LogP contribution in [0.2, 0.25) is 5.02 Å². The van der Waals surface area contributed by atoms with E-state index in [-0.39, 0.29) is 24.0 Å². The van der Waals surface area contributed by atoms with E-state index in [1.54, 1.807) is 39.2 Å². The molecule has 0 saturated carbocycles. The lowest BCUT2D eigenvalue weighted by Crippen LogP contribution is -2.27. The molecule has 0 saturated heterocycles. The Kier molecular flexibility index (Phi) is 11.2. The second kappa shape index (κ2) is 13.6. The van der Waals surface area contributed by atoms with Crippen LogP contribution in [0.1, 0.15) is 11.1 Å². The molecule has 3 aromatic carbocycles. The van der Waals surface area contributed by atoms with Crippen LogP contribution in [-0.2, 0) is 13.1 Å². The third kappa shape index (κ3) is 7.72. The largest absolute Gasteiger partial charge is 0.497 e. The number of ether oxygens (including phenoxy) is 3. The number of benzene rings is 3. The van der Waals surface area contributed by atoms with Crippen LogP contribution in [0.25, 0.3) is 0 Å². The zero-order valence-electron chi connectivity index (χ0n) is 19.1. The lowest BCUT2D eigenvalue weighted by Gasteiger charge is -2.26. The first-order chi connectivity index (χ1) is 15.6. The summed E-state index contributed by atoms with van der Waals surface area (Å²) in [6.45, 7) is 1.36. The highest BCUT2D eigenvalue weighted by Crippen LogP contribution is 2.31. The molecule has 0 atom stereocenters. The van der Waals surface area contributed by atoms with Gasteiger partial charge in [0, 0.05) is 19.2 Å². The Labute approximate surface area is 222 Å². The second-order valence-electron chi connectivity index (χ2n) is 6.97. The van der Waals surface area contributed by atoms with Crippen LogP contribution in [0.15, 0.2) is 71.7 Å². The normalized spacial score (nSPS) is 10.9. The van der Waals surface area contributed by atoms with Gasteiger partial charge in [0.15, 0.2) is 5.17 Å². The molecule has 0 N–H and O–H groups in total. The van der Waals surface area contributed by atoms with Gasteiger partial charge in [-0.15, -0.1) is 24.0 Å². The highest BCUT2D eigenvalue weighted by atomic mass is 127. The summed E-state index contributed by atoms with van der Waals surface area (Å²) in [5.74, 6) is 2.38. The van der Waals surface area contributed by atoms with Gasteiger partial charge in [-0.3, -0.25) is 0 Å². The van der Waals surface area contributed by atoms with E-state index in [0.29, 0.717) is 29.5 Å². The first-order valence-electron chi connectivity index (χ1n) is 10.0. The zero-order chi connectivity index (χ0) is 22.9. The number of nitrogens with zero attached hydrogens (tertiary/aromatic N) is 2. The van der Waals surface area contributed by atoms with Gasteiger partial charge >= 0.3 is 0 Å². The molecule has 0 aliphatic carbocycles. The first-order valence-corrected chi connectivity index (χ1v) is 11.6. The molecule has 0 aromatic heterocycles. The van der Waals surface area contributed by atoms with Gasteiger partial charge in [-0.1, -0.05) is 47.6 Å². The highest BCUT2D eigenvalue weighted by molar-refractivity contribution is 14.0. The predicted octanol–water partition coefficient (Wildman–Crippen LogP) is 7.04. The maximum Gasteiger partial charge on any atom is 0.164 e. The minimum Gasteiger partial charge on any atom is -0.497 e. The summed E-state index contributed by atoms with van der Waals surface area (Å²) in [7, 11) is 4.97. The highest BCUT2D eigenvalue weighted by Gasteiger charge is 2.14. The van der Waals surface area contributed by atoms with E-state index in [0.717, 1.165) is 27.8 Å². The van der Waals surface area contributed by atoms with E-state index in [9.17, 15) is 0 Å². The average Bonchev–Trinajstić information content (AvgIpc) is 2.84. The number of halogens is 2. The Morgan fingerprint density at radius 1 is 0.788 bits per heavy atom. The monoisotopic (exact) mass is 598 g/mol. The summed E-state index contributed by atoms with van der Waals surface area (Å²) in [6, 6.07) is 21.6. The van der Waals surface area contributed by atoms with Crippen molar-refractivity contribution in [1.82, 2.24) is 4.90 Å². The SMILES string of the molecule is COc1ccc(CN(Cc2ccc(OC)cc2)C(=Nc2cc(OC)ccc2Cl)SC)cc1.I. The fourth-order valence-corrected chi connectivity index (χ4v) is 3.88. The molecule has 0 spiro atoms. The average molecular weight is 599 g/mol. The maximum absolute atomic E-state index is 6.43. The summed E-state index contributed by atoms with van der Waals surface area (Å²) in [4.78, 5) is 7.12. The van der Waals surface area contributed by atoms with Crippen LogP contribution in [0, 0.1) is 0 Å². The van der Waals surface area contributed by atoms with Crippen LogP contribution >= 0.6 is 47.3 Å². The molecule has 0 fully saturated rings. The molecule has 33 heavy (non-hydrogen) atoms. The fraction of sp³-hybridized carbons (Fsp3) is 0.240. The van der Waals surface area contributed by atoms with Crippen LogP contribution < -0.4 is 14.2 Å². The van der Waals surface area contributed by atoms with E-state index in [2.05, 4.69) is 29.2 Å². The van der Waals surface area contributed by atoms with Gasteiger partial charge in [0.2, 0.25) is 0 Å².